The van der Waals surface area contributed by atoms with Crippen molar-refractivity contribution in [2.24, 2.45) is 0 Å². The highest BCUT2D eigenvalue weighted by Crippen LogP contribution is 2.17. The third kappa shape index (κ3) is 5.05. The maximum absolute atomic E-state index is 12.9. The monoisotopic (exact) mass is 446 g/mol. The Hall–Kier alpha value is -3.68. The summed E-state index contributed by atoms with van der Waals surface area (Å²) in [6, 6.07) is 13.6. The largest absolute Gasteiger partial charge is 0.378 e. The number of aromatic nitrogens is 3. The zero-order chi connectivity index (χ0) is 23.5. The second kappa shape index (κ2) is 9.44. The third-order valence-corrected chi connectivity index (χ3v) is 6.23. The van der Waals surface area contributed by atoms with Crippen LogP contribution in [0.25, 0.3) is 5.69 Å². The summed E-state index contributed by atoms with van der Waals surface area (Å²) in [7, 11) is 3.93. The van der Waals surface area contributed by atoms with Crippen LogP contribution in [0, 0.1) is 13.8 Å². The molecule has 1 aromatic heterocycles. The molecule has 3 aromatic rings. The van der Waals surface area contributed by atoms with Crippen molar-refractivity contribution in [3.63, 3.8) is 0 Å². The number of amides is 2. The Morgan fingerprint density at radius 1 is 1.00 bits per heavy atom. The lowest BCUT2D eigenvalue weighted by Gasteiger charge is -2.32. The van der Waals surface area contributed by atoms with Crippen LogP contribution >= 0.6 is 0 Å². The van der Waals surface area contributed by atoms with Crippen LogP contribution in [0.1, 0.15) is 44.8 Å². The minimum atomic E-state index is -0.130. The average molecular weight is 447 g/mol. The molecule has 0 saturated carbocycles. The fourth-order valence-corrected chi connectivity index (χ4v) is 3.92. The minimum Gasteiger partial charge on any atom is -0.378 e. The maximum Gasteiger partial charge on any atom is 0.276 e. The fraction of sp³-hybridized carbons (Fsp3) is 0.360. The molecule has 1 N–H and O–H groups in total. The molecule has 2 aromatic carbocycles. The summed E-state index contributed by atoms with van der Waals surface area (Å²) in [5.74, 6) is -0.212. The van der Waals surface area contributed by atoms with Gasteiger partial charge in [-0.05, 0) is 74.2 Å². The first-order chi connectivity index (χ1) is 15.8. The average Bonchev–Trinajstić information content (AvgIpc) is 3.31. The van der Waals surface area contributed by atoms with E-state index in [9.17, 15) is 9.59 Å². The molecule has 1 aliphatic heterocycles. The highest BCUT2D eigenvalue weighted by molar-refractivity contribution is 5.95. The van der Waals surface area contributed by atoms with Gasteiger partial charge in [-0.3, -0.25) is 9.59 Å². The fourth-order valence-electron chi connectivity index (χ4n) is 3.92. The molecule has 1 fully saturated rings. The summed E-state index contributed by atoms with van der Waals surface area (Å²) in [6.45, 7) is 5.24. The Morgan fingerprint density at radius 3 is 2.33 bits per heavy atom. The minimum absolute atomic E-state index is 0.0429. The zero-order valence-corrected chi connectivity index (χ0v) is 19.6. The number of likely N-dealkylation sites (tertiary alicyclic amines) is 1. The summed E-state index contributed by atoms with van der Waals surface area (Å²) < 4.78 is 1.63. The van der Waals surface area contributed by atoms with E-state index in [0.717, 1.165) is 16.9 Å². The first-order valence-corrected chi connectivity index (χ1v) is 11.2. The molecule has 4 rings (SSSR count). The molecule has 172 valence electrons. The summed E-state index contributed by atoms with van der Waals surface area (Å²) in [5.41, 5.74) is 5.26. The van der Waals surface area contributed by atoms with Gasteiger partial charge in [0.15, 0.2) is 5.69 Å². The quantitative estimate of drug-likeness (QED) is 0.652. The van der Waals surface area contributed by atoms with E-state index in [-0.39, 0.29) is 17.9 Å². The van der Waals surface area contributed by atoms with Crippen molar-refractivity contribution in [3.05, 3.63) is 71.0 Å². The number of hydrogen-bond donors (Lipinski definition) is 1. The molecule has 1 aliphatic rings. The van der Waals surface area contributed by atoms with Crippen molar-refractivity contribution >= 4 is 17.5 Å². The van der Waals surface area contributed by atoms with E-state index in [2.05, 4.69) is 22.6 Å². The van der Waals surface area contributed by atoms with Crippen LogP contribution in [-0.4, -0.2) is 64.9 Å². The molecule has 0 spiro atoms. The molecule has 0 aliphatic carbocycles. The first kappa shape index (κ1) is 22.5. The summed E-state index contributed by atoms with van der Waals surface area (Å²) in [4.78, 5) is 29.3. The highest BCUT2D eigenvalue weighted by Gasteiger charge is 2.26. The smallest absolute Gasteiger partial charge is 0.276 e. The first-order valence-electron chi connectivity index (χ1n) is 11.2. The van der Waals surface area contributed by atoms with Crippen molar-refractivity contribution in [2.45, 2.75) is 32.7 Å². The summed E-state index contributed by atoms with van der Waals surface area (Å²) in [5, 5.41) is 11.3. The van der Waals surface area contributed by atoms with Gasteiger partial charge in [0, 0.05) is 44.5 Å². The van der Waals surface area contributed by atoms with E-state index in [1.54, 1.807) is 15.8 Å². The molecule has 0 bridgehead atoms. The predicted octanol–water partition coefficient (Wildman–Crippen LogP) is 2.98. The number of hydrogen-bond acceptors (Lipinski definition) is 5. The predicted molar refractivity (Wildman–Crippen MR) is 128 cm³/mol. The van der Waals surface area contributed by atoms with Crippen LogP contribution in [0.5, 0.6) is 0 Å². The summed E-state index contributed by atoms with van der Waals surface area (Å²) in [6.07, 6.45) is 3.09. The van der Waals surface area contributed by atoms with Crippen LogP contribution in [0.4, 0.5) is 5.69 Å². The van der Waals surface area contributed by atoms with Gasteiger partial charge in [-0.2, -0.15) is 0 Å². The second-order valence-corrected chi connectivity index (χ2v) is 8.80. The molecular weight excluding hydrogens is 416 g/mol. The number of benzene rings is 2. The van der Waals surface area contributed by atoms with E-state index in [0.29, 0.717) is 37.2 Å². The van der Waals surface area contributed by atoms with Crippen LogP contribution in [0.2, 0.25) is 0 Å². The van der Waals surface area contributed by atoms with E-state index < -0.39 is 0 Å². The number of carbonyl (C=O) groups excluding carboxylic acids is 2. The number of rotatable bonds is 5. The van der Waals surface area contributed by atoms with Gasteiger partial charge in [0.05, 0.1) is 11.9 Å². The van der Waals surface area contributed by atoms with E-state index in [1.807, 2.05) is 68.4 Å². The number of piperidine rings is 1. The van der Waals surface area contributed by atoms with Gasteiger partial charge in [0.1, 0.15) is 0 Å². The maximum atomic E-state index is 12.9. The number of aryl methyl sites for hydroxylation is 2. The molecule has 1 saturated heterocycles. The van der Waals surface area contributed by atoms with Crippen molar-refractivity contribution in [2.75, 3.05) is 32.1 Å². The third-order valence-electron chi connectivity index (χ3n) is 6.23. The number of anilines is 1. The Bertz CT molecular complexity index is 1140. The SMILES string of the molecule is Cc1ccc(-n2cc(C(=O)N3CCC(NC(=O)c4ccc(N(C)C)cc4)CC3)nn2)cc1C. The number of nitrogens with one attached hydrogen (secondary N) is 1. The van der Waals surface area contributed by atoms with Gasteiger partial charge < -0.3 is 15.1 Å². The van der Waals surface area contributed by atoms with Gasteiger partial charge in [-0.1, -0.05) is 11.3 Å². The van der Waals surface area contributed by atoms with Gasteiger partial charge in [0.2, 0.25) is 0 Å². The van der Waals surface area contributed by atoms with E-state index in [4.69, 9.17) is 0 Å². The molecule has 33 heavy (non-hydrogen) atoms. The van der Waals surface area contributed by atoms with Crippen molar-refractivity contribution < 1.29 is 9.59 Å². The molecule has 2 amide bonds. The number of carbonyl (C=O) groups is 2. The van der Waals surface area contributed by atoms with Crippen LogP contribution in [0.15, 0.2) is 48.7 Å². The Morgan fingerprint density at radius 2 is 1.70 bits per heavy atom. The molecular formula is C25H30N6O2. The Kier molecular flexibility index (Phi) is 6.44. The molecule has 8 nitrogen and oxygen atoms in total. The molecule has 0 atom stereocenters. The second-order valence-electron chi connectivity index (χ2n) is 8.80. The van der Waals surface area contributed by atoms with Crippen molar-refractivity contribution in [1.82, 2.24) is 25.2 Å². The standard InChI is InChI=1S/C25H30N6O2/c1-17-5-8-22(15-18(17)2)31-16-23(27-28-31)25(33)30-13-11-20(12-14-30)26-24(32)19-6-9-21(10-7-19)29(3)4/h5-10,15-16,20H,11-14H2,1-4H3,(H,26,32). The lowest BCUT2D eigenvalue weighted by Crippen LogP contribution is -2.46. The lowest BCUT2D eigenvalue weighted by atomic mass is 10.0. The van der Waals surface area contributed by atoms with Gasteiger partial charge in [-0.15, -0.1) is 5.10 Å². The van der Waals surface area contributed by atoms with Crippen LogP contribution in [0.3, 0.4) is 0 Å². The summed E-state index contributed by atoms with van der Waals surface area (Å²) >= 11 is 0. The van der Waals surface area contributed by atoms with E-state index in [1.165, 1.54) is 5.56 Å². The van der Waals surface area contributed by atoms with Crippen molar-refractivity contribution in [3.8, 4) is 5.69 Å². The number of nitrogens with zero attached hydrogens (tertiary/aromatic N) is 5. The zero-order valence-electron chi connectivity index (χ0n) is 19.6. The highest BCUT2D eigenvalue weighted by atomic mass is 16.2. The van der Waals surface area contributed by atoms with Gasteiger partial charge >= 0.3 is 0 Å². The Balaban J connectivity index is 1.32. The topological polar surface area (TPSA) is 83.4 Å². The molecule has 0 radical (unpaired) electrons. The van der Waals surface area contributed by atoms with Gasteiger partial charge in [-0.25, -0.2) is 4.68 Å². The Labute approximate surface area is 194 Å². The van der Waals surface area contributed by atoms with E-state index >= 15 is 0 Å². The molecule has 2 heterocycles. The van der Waals surface area contributed by atoms with Crippen LogP contribution in [-0.2, 0) is 0 Å². The lowest BCUT2D eigenvalue weighted by molar-refractivity contribution is 0.0692. The normalized spacial score (nSPS) is 14.2. The van der Waals surface area contributed by atoms with Gasteiger partial charge in [0.25, 0.3) is 11.8 Å². The van der Waals surface area contributed by atoms with Crippen molar-refractivity contribution in [1.29, 1.82) is 0 Å². The molecule has 0 unspecified atom stereocenters. The molecule has 8 heteroatoms. The van der Waals surface area contributed by atoms with Crippen LogP contribution < -0.4 is 10.2 Å².